The van der Waals surface area contributed by atoms with Crippen LogP contribution in [0.4, 0.5) is 10.7 Å². The second-order valence-corrected chi connectivity index (χ2v) is 4.95. The first-order valence-corrected chi connectivity index (χ1v) is 6.76. The highest BCUT2D eigenvalue weighted by Gasteiger charge is 2.09. The minimum atomic E-state index is -0.402. The van der Waals surface area contributed by atoms with Crippen LogP contribution in [0.15, 0.2) is 35.7 Å². The van der Waals surface area contributed by atoms with E-state index in [-0.39, 0.29) is 10.9 Å². The van der Waals surface area contributed by atoms with Crippen molar-refractivity contribution in [3.8, 4) is 0 Å². The number of nitrogens with one attached hydrogen (secondary N) is 2. The van der Waals surface area contributed by atoms with E-state index in [9.17, 15) is 14.9 Å². The van der Waals surface area contributed by atoms with Gasteiger partial charge in [0.1, 0.15) is 0 Å². The fraction of sp³-hybridized carbons (Fsp3) is 0.154. The molecule has 2 aromatic rings. The smallest absolute Gasteiger partial charge is 0.324 e. The van der Waals surface area contributed by atoms with Crippen molar-refractivity contribution in [2.45, 2.75) is 6.54 Å². The molecule has 2 rings (SSSR count). The van der Waals surface area contributed by atoms with Crippen LogP contribution in [0.25, 0.3) is 0 Å². The van der Waals surface area contributed by atoms with Crippen molar-refractivity contribution in [2.75, 3.05) is 12.4 Å². The summed E-state index contributed by atoms with van der Waals surface area (Å²) in [6.45, 7) is 0.474. The fourth-order valence-electron chi connectivity index (χ4n) is 1.67. The highest BCUT2D eigenvalue weighted by Crippen LogP contribution is 2.23. The van der Waals surface area contributed by atoms with Crippen molar-refractivity contribution < 1.29 is 9.72 Å². The summed E-state index contributed by atoms with van der Waals surface area (Å²) in [6.07, 6.45) is 0. The summed E-state index contributed by atoms with van der Waals surface area (Å²) in [5.74, 6) is -0.153. The lowest BCUT2D eigenvalue weighted by molar-refractivity contribution is -0.380. The lowest BCUT2D eigenvalue weighted by Gasteiger charge is -2.06. The lowest BCUT2D eigenvalue weighted by atomic mass is 10.2. The molecule has 0 aliphatic heterocycles. The van der Waals surface area contributed by atoms with Crippen molar-refractivity contribution in [3.63, 3.8) is 0 Å². The van der Waals surface area contributed by atoms with Gasteiger partial charge in [0.25, 0.3) is 5.91 Å². The zero-order chi connectivity index (χ0) is 14.5. The maximum atomic E-state index is 11.5. The van der Waals surface area contributed by atoms with Crippen molar-refractivity contribution in [1.29, 1.82) is 0 Å². The van der Waals surface area contributed by atoms with Crippen molar-refractivity contribution >= 4 is 27.9 Å². The van der Waals surface area contributed by atoms with Crippen LogP contribution in [0.3, 0.4) is 0 Å². The number of rotatable bonds is 5. The minimum Gasteiger partial charge on any atom is -0.381 e. The number of hydrogen-bond acceptors (Lipinski definition) is 5. The minimum absolute atomic E-state index is 0.126. The van der Waals surface area contributed by atoms with Crippen LogP contribution in [0.1, 0.15) is 15.9 Å². The first kappa shape index (κ1) is 14.0. The van der Waals surface area contributed by atoms with Gasteiger partial charge in [0.2, 0.25) is 0 Å². The molecular weight excluding hydrogens is 278 g/mol. The Morgan fingerprint density at radius 2 is 2.20 bits per heavy atom. The Balaban J connectivity index is 2.03. The van der Waals surface area contributed by atoms with Gasteiger partial charge in [-0.3, -0.25) is 14.9 Å². The van der Waals surface area contributed by atoms with Gasteiger partial charge < -0.3 is 10.6 Å². The van der Waals surface area contributed by atoms with Crippen LogP contribution in [-0.2, 0) is 6.54 Å². The third kappa shape index (κ3) is 3.33. The first-order valence-electron chi connectivity index (χ1n) is 5.88. The highest BCUT2D eigenvalue weighted by atomic mass is 32.1. The van der Waals surface area contributed by atoms with Gasteiger partial charge in [-0.2, -0.15) is 0 Å². The second kappa shape index (κ2) is 6.16. The molecule has 0 radical (unpaired) electrons. The van der Waals surface area contributed by atoms with Crippen LogP contribution in [0, 0.1) is 10.1 Å². The quantitative estimate of drug-likeness (QED) is 0.655. The van der Waals surface area contributed by atoms with Gasteiger partial charge in [-0.1, -0.05) is 17.4 Å². The van der Waals surface area contributed by atoms with Crippen molar-refractivity contribution in [3.05, 3.63) is 57.0 Å². The molecule has 1 aromatic heterocycles. The molecule has 1 aromatic carbocycles. The SMILES string of the molecule is CNC(=O)c1cccc(NCc2csc([N+](=O)[O-])c2)c1. The molecule has 0 aliphatic carbocycles. The van der Waals surface area contributed by atoms with Crippen LogP contribution >= 0.6 is 11.3 Å². The van der Waals surface area contributed by atoms with E-state index in [0.717, 1.165) is 22.6 Å². The van der Waals surface area contributed by atoms with Crippen molar-refractivity contribution in [1.82, 2.24) is 5.32 Å². The lowest BCUT2D eigenvalue weighted by Crippen LogP contribution is -2.17. The Bertz CT molecular complexity index is 639. The number of nitro groups is 1. The third-order valence-electron chi connectivity index (χ3n) is 2.67. The zero-order valence-corrected chi connectivity index (χ0v) is 11.6. The maximum absolute atomic E-state index is 11.5. The van der Waals surface area contributed by atoms with Gasteiger partial charge >= 0.3 is 5.00 Å². The number of hydrogen-bond donors (Lipinski definition) is 2. The Morgan fingerprint density at radius 1 is 1.40 bits per heavy atom. The summed E-state index contributed by atoms with van der Waals surface area (Å²) in [7, 11) is 1.58. The molecule has 1 heterocycles. The molecule has 6 nitrogen and oxygen atoms in total. The standard InChI is InChI=1S/C13H13N3O3S/c1-14-13(17)10-3-2-4-11(6-10)15-7-9-5-12(16(18)19)20-8-9/h2-6,8,15H,7H2,1H3,(H,14,17). The Labute approximate surface area is 119 Å². The number of carbonyl (C=O) groups is 1. The molecular formula is C13H13N3O3S. The summed E-state index contributed by atoms with van der Waals surface area (Å²) < 4.78 is 0. The Kier molecular flexibility index (Phi) is 4.31. The number of anilines is 1. The number of amides is 1. The summed E-state index contributed by atoms with van der Waals surface area (Å²) in [6, 6.07) is 8.62. The van der Waals surface area contributed by atoms with Crippen LogP contribution in [0.5, 0.6) is 0 Å². The normalized spacial score (nSPS) is 10.1. The molecule has 0 saturated carbocycles. The Hall–Kier alpha value is -2.41. The fourth-order valence-corrected chi connectivity index (χ4v) is 2.40. The van der Waals surface area contributed by atoms with Crippen LogP contribution < -0.4 is 10.6 Å². The molecule has 7 heteroatoms. The van der Waals surface area contributed by atoms with E-state index in [2.05, 4.69) is 10.6 Å². The molecule has 0 atom stereocenters. The number of carbonyl (C=O) groups excluding carboxylic acids is 1. The van der Waals surface area contributed by atoms with Gasteiger partial charge in [0, 0.05) is 36.3 Å². The van der Waals surface area contributed by atoms with E-state index >= 15 is 0 Å². The van der Waals surface area contributed by atoms with E-state index in [1.165, 1.54) is 0 Å². The molecule has 0 aliphatic rings. The number of thiophene rings is 1. The van der Waals surface area contributed by atoms with E-state index < -0.39 is 4.92 Å². The molecule has 104 valence electrons. The van der Waals surface area contributed by atoms with Crippen molar-refractivity contribution in [2.24, 2.45) is 0 Å². The average molecular weight is 291 g/mol. The number of benzene rings is 1. The summed E-state index contributed by atoms with van der Waals surface area (Å²) in [5, 5.41) is 18.2. The maximum Gasteiger partial charge on any atom is 0.324 e. The monoisotopic (exact) mass is 291 g/mol. The van der Waals surface area contributed by atoms with Gasteiger partial charge in [-0.25, -0.2) is 0 Å². The van der Waals surface area contributed by atoms with Gasteiger partial charge in [0.05, 0.1) is 4.92 Å². The summed E-state index contributed by atoms with van der Waals surface area (Å²) >= 11 is 1.10. The molecule has 0 spiro atoms. The van der Waals surface area contributed by atoms with Gasteiger partial charge in [-0.05, 0) is 23.8 Å². The first-order chi connectivity index (χ1) is 9.60. The predicted molar refractivity (Wildman–Crippen MR) is 78.1 cm³/mol. The van der Waals surface area contributed by atoms with Crippen LogP contribution in [0.2, 0.25) is 0 Å². The molecule has 1 amide bonds. The second-order valence-electron chi connectivity index (χ2n) is 4.06. The van der Waals surface area contributed by atoms with E-state index in [4.69, 9.17) is 0 Å². The molecule has 20 heavy (non-hydrogen) atoms. The average Bonchev–Trinajstić information content (AvgIpc) is 2.93. The Morgan fingerprint density at radius 3 is 2.85 bits per heavy atom. The largest absolute Gasteiger partial charge is 0.381 e. The molecule has 0 fully saturated rings. The van der Waals surface area contributed by atoms with E-state index in [1.807, 2.05) is 6.07 Å². The summed E-state index contributed by atoms with van der Waals surface area (Å²) in [4.78, 5) is 21.7. The van der Waals surface area contributed by atoms with E-state index in [1.54, 1.807) is 36.7 Å². The molecule has 0 unspecified atom stereocenters. The van der Waals surface area contributed by atoms with E-state index in [0.29, 0.717) is 12.1 Å². The summed E-state index contributed by atoms with van der Waals surface area (Å²) in [5.41, 5.74) is 2.20. The van der Waals surface area contributed by atoms with Crippen LogP contribution in [-0.4, -0.2) is 17.9 Å². The topological polar surface area (TPSA) is 84.3 Å². The number of nitrogens with zero attached hydrogens (tertiary/aromatic N) is 1. The van der Waals surface area contributed by atoms with Gasteiger partial charge in [-0.15, -0.1) is 0 Å². The highest BCUT2D eigenvalue weighted by molar-refractivity contribution is 7.13. The third-order valence-corrected chi connectivity index (χ3v) is 3.60. The zero-order valence-electron chi connectivity index (χ0n) is 10.8. The predicted octanol–water partition coefficient (Wildman–Crippen LogP) is 2.63. The molecule has 2 N–H and O–H groups in total. The van der Waals surface area contributed by atoms with Gasteiger partial charge in [0.15, 0.2) is 0 Å². The molecule has 0 bridgehead atoms. The molecule has 0 saturated heterocycles.